The third kappa shape index (κ3) is 1.87. The van der Waals surface area contributed by atoms with Crippen LogP contribution in [0.1, 0.15) is 31.2 Å². The topological polar surface area (TPSA) is 23.5 Å². The molecule has 17 heavy (non-hydrogen) atoms. The zero-order valence-electron chi connectivity index (χ0n) is 9.90. The molecule has 0 radical (unpaired) electrons. The monoisotopic (exact) mass is 235 g/mol. The summed E-state index contributed by atoms with van der Waals surface area (Å²) in [7, 11) is 0. The van der Waals surface area contributed by atoms with Gasteiger partial charge in [-0.2, -0.15) is 0 Å². The minimum absolute atomic E-state index is 0.0640. The molecule has 1 N–H and O–H groups in total. The number of likely N-dealkylation sites (tertiary alicyclic amines) is 1. The summed E-state index contributed by atoms with van der Waals surface area (Å²) in [4.78, 5) is 2.36. The standard InChI is InChI=1S/C14H18FNO/c15-13-4-2-1-3-12(13)14(7-8-14)16-9-5-11(17)6-10-16/h1-4,11,17H,5-10H2. The average Bonchev–Trinajstić information content (AvgIpc) is 3.12. The second-order valence-corrected chi connectivity index (χ2v) is 5.23. The van der Waals surface area contributed by atoms with Gasteiger partial charge in [0.2, 0.25) is 0 Å². The lowest BCUT2D eigenvalue weighted by molar-refractivity contribution is 0.0512. The van der Waals surface area contributed by atoms with Crippen LogP contribution in [0.4, 0.5) is 4.39 Å². The van der Waals surface area contributed by atoms with Gasteiger partial charge in [-0.25, -0.2) is 4.39 Å². The normalized spacial score (nSPS) is 24.8. The molecule has 1 aliphatic heterocycles. The Balaban J connectivity index is 1.85. The Kier molecular flexibility index (Phi) is 2.68. The quantitative estimate of drug-likeness (QED) is 0.850. The molecule has 1 aromatic carbocycles. The molecule has 0 bridgehead atoms. The highest BCUT2D eigenvalue weighted by atomic mass is 19.1. The second kappa shape index (κ2) is 4.07. The van der Waals surface area contributed by atoms with Crippen molar-refractivity contribution in [1.29, 1.82) is 0 Å². The Hall–Kier alpha value is -0.930. The van der Waals surface area contributed by atoms with Gasteiger partial charge in [0.1, 0.15) is 5.82 Å². The Bertz CT molecular complexity index is 408. The summed E-state index contributed by atoms with van der Waals surface area (Å²) in [6.07, 6.45) is 3.56. The fourth-order valence-electron chi connectivity index (χ4n) is 3.01. The van der Waals surface area contributed by atoms with E-state index in [0.717, 1.165) is 44.3 Å². The summed E-state index contributed by atoms with van der Waals surface area (Å²) >= 11 is 0. The Morgan fingerprint density at radius 3 is 2.41 bits per heavy atom. The van der Waals surface area contributed by atoms with E-state index in [1.807, 2.05) is 12.1 Å². The molecule has 1 aromatic rings. The largest absolute Gasteiger partial charge is 0.393 e. The van der Waals surface area contributed by atoms with Gasteiger partial charge in [0.15, 0.2) is 0 Å². The van der Waals surface area contributed by atoms with Crippen molar-refractivity contribution in [1.82, 2.24) is 4.90 Å². The highest BCUT2D eigenvalue weighted by Crippen LogP contribution is 2.52. The molecule has 0 amide bonds. The fraction of sp³-hybridized carbons (Fsp3) is 0.571. The molecular weight excluding hydrogens is 217 g/mol. The van der Waals surface area contributed by atoms with Gasteiger partial charge < -0.3 is 5.11 Å². The summed E-state index contributed by atoms with van der Waals surface area (Å²) in [5.41, 5.74) is 0.780. The predicted octanol–water partition coefficient (Wildman–Crippen LogP) is 2.27. The van der Waals surface area contributed by atoms with Crippen LogP contribution in [0.15, 0.2) is 24.3 Å². The molecule has 0 spiro atoms. The second-order valence-electron chi connectivity index (χ2n) is 5.23. The van der Waals surface area contributed by atoms with Gasteiger partial charge in [0, 0.05) is 24.2 Å². The van der Waals surface area contributed by atoms with Gasteiger partial charge >= 0.3 is 0 Å². The number of hydrogen-bond acceptors (Lipinski definition) is 2. The van der Waals surface area contributed by atoms with Crippen LogP contribution in [-0.4, -0.2) is 29.2 Å². The van der Waals surface area contributed by atoms with Crippen molar-refractivity contribution in [2.45, 2.75) is 37.3 Å². The number of nitrogens with zero attached hydrogens (tertiary/aromatic N) is 1. The highest BCUT2D eigenvalue weighted by molar-refractivity contribution is 5.32. The Morgan fingerprint density at radius 1 is 1.18 bits per heavy atom. The van der Waals surface area contributed by atoms with Crippen molar-refractivity contribution in [2.75, 3.05) is 13.1 Å². The molecule has 3 heteroatoms. The van der Waals surface area contributed by atoms with Crippen LogP contribution in [0.2, 0.25) is 0 Å². The highest BCUT2D eigenvalue weighted by Gasteiger charge is 2.51. The maximum Gasteiger partial charge on any atom is 0.128 e. The number of hydrogen-bond donors (Lipinski definition) is 1. The number of piperidine rings is 1. The first-order chi connectivity index (χ1) is 8.22. The van der Waals surface area contributed by atoms with Crippen molar-refractivity contribution < 1.29 is 9.50 Å². The van der Waals surface area contributed by atoms with Crippen molar-refractivity contribution in [3.05, 3.63) is 35.6 Å². The molecule has 2 aliphatic rings. The SMILES string of the molecule is OC1CCN(C2(c3ccccc3F)CC2)CC1. The lowest BCUT2D eigenvalue weighted by Gasteiger charge is -2.37. The van der Waals surface area contributed by atoms with Gasteiger partial charge in [0.05, 0.1) is 6.10 Å². The molecule has 2 fully saturated rings. The van der Waals surface area contributed by atoms with E-state index in [1.54, 1.807) is 12.1 Å². The molecule has 1 saturated carbocycles. The maximum absolute atomic E-state index is 13.9. The van der Waals surface area contributed by atoms with E-state index in [1.165, 1.54) is 0 Å². The van der Waals surface area contributed by atoms with Crippen LogP contribution in [0.25, 0.3) is 0 Å². The zero-order chi connectivity index (χ0) is 11.9. The van der Waals surface area contributed by atoms with E-state index < -0.39 is 0 Å². The smallest absolute Gasteiger partial charge is 0.128 e. The van der Waals surface area contributed by atoms with Crippen molar-refractivity contribution in [3.8, 4) is 0 Å². The molecule has 1 aliphatic carbocycles. The molecule has 2 nitrogen and oxygen atoms in total. The van der Waals surface area contributed by atoms with Gasteiger partial charge in [-0.15, -0.1) is 0 Å². The first-order valence-corrected chi connectivity index (χ1v) is 6.40. The first-order valence-electron chi connectivity index (χ1n) is 6.40. The summed E-state index contributed by atoms with van der Waals surface area (Å²) in [5.74, 6) is -0.0869. The van der Waals surface area contributed by atoms with Crippen LogP contribution < -0.4 is 0 Å². The average molecular weight is 235 g/mol. The predicted molar refractivity (Wildman–Crippen MR) is 64.1 cm³/mol. The van der Waals surface area contributed by atoms with E-state index in [0.29, 0.717) is 0 Å². The van der Waals surface area contributed by atoms with Gasteiger partial charge in [0.25, 0.3) is 0 Å². The van der Waals surface area contributed by atoms with Crippen LogP contribution in [0, 0.1) is 5.82 Å². The van der Waals surface area contributed by atoms with E-state index in [-0.39, 0.29) is 17.5 Å². The lowest BCUT2D eigenvalue weighted by Crippen LogP contribution is -2.43. The Labute approximate surface area is 101 Å². The maximum atomic E-state index is 13.9. The number of aliphatic hydroxyl groups is 1. The van der Waals surface area contributed by atoms with Crippen LogP contribution in [0.5, 0.6) is 0 Å². The fourth-order valence-corrected chi connectivity index (χ4v) is 3.01. The molecule has 0 atom stereocenters. The van der Waals surface area contributed by atoms with Gasteiger partial charge in [-0.05, 0) is 31.7 Å². The van der Waals surface area contributed by atoms with Crippen LogP contribution in [-0.2, 0) is 5.54 Å². The third-order valence-electron chi connectivity index (χ3n) is 4.17. The van der Waals surface area contributed by atoms with Crippen molar-refractivity contribution in [2.24, 2.45) is 0 Å². The number of rotatable bonds is 2. The minimum Gasteiger partial charge on any atom is -0.393 e. The zero-order valence-corrected chi connectivity index (χ0v) is 9.90. The van der Waals surface area contributed by atoms with Crippen LogP contribution in [0.3, 0.4) is 0 Å². The molecule has 1 heterocycles. The molecule has 0 unspecified atom stereocenters. The molecule has 92 valence electrons. The molecule has 0 aromatic heterocycles. The van der Waals surface area contributed by atoms with Crippen molar-refractivity contribution in [3.63, 3.8) is 0 Å². The van der Waals surface area contributed by atoms with Crippen molar-refractivity contribution >= 4 is 0 Å². The number of benzene rings is 1. The first kappa shape index (κ1) is 11.2. The summed E-state index contributed by atoms with van der Waals surface area (Å²) in [5, 5.41) is 9.54. The van der Waals surface area contributed by atoms with E-state index in [9.17, 15) is 9.50 Å². The van der Waals surface area contributed by atoms with E-state index in [2.05, 4.69) is 4.90 Å². The number of halogens is 1. The summed E-state index contributed by atoms with van der Waals surface area (Å²) < 4.78 is 13.9. The van der Waals surface area contributed by atoms with Gasteiger partial charge in [-0.1, -0.05) is 18.2 Å². The van der Waals surface area contributed by atoms with E-state index in [4.69, 9.17) is 0 Å². The lowest BCUT2D eigenvalue weighted by atomic mass is 9.98. The van der Waals surface area contributed by atoms with Crippen LogP contribution >= 0.6 is 0 Å². The molecule has 3 rings (SSSR count). The molecule has 1 saturated heterocycles. The summed E-state index contributed by atoms with van der Waals surface area (Å²) in [6, 6.07) is 7.12. The summed E-state index contributed by atoms with van der Waals surface area (Å²) in [6.45, 7) is 1.77. The third-order valence-corrected chi connectivity index (χ3v) is 4.17. The molecular formula is C14H18FNO. The Morgan fingerprint density at radius 2 is 1.82 bits per heavy atom. The minimum atomic E-state index is -0.164. The van der Waals surface area contributed by atoms with Gasteiger partial charge in [-0.3, -0.25) is 4.90 Å². The number of aliphatic hydroxyl groups excluding tert-OH is 1. The van der Waals surface area contributed by atoms with E-state index >= 15 is 0 Å².